The van der Waals surface area contributed by atoms with E-state index in [1.165, 1.54) is 12.8 Å². The van der Waals surface area contributed by atoms with E-state index < -0.39 is 0 Å². The molecule has 1 saturated carbocycles. The molecule has 0 amide bonds. The predicted octanol–water partition coefficient (Wildman–Crippen LogP) is 1.64. The molecule has 0 radical (unpaired) electrons. The van der Waals surface area contributed by atoms with Crippen LogP contribution in [0.4, 0.5) is 0 Å². The Kier molecular flexibility index (Phi) is 1.95. The molecule has 4 atom stereocenters. The summed E-state index contributed by atoms with van der Waals surface area (Å²) in [5, 5.41) is 0. The first kappa shape index (κ1) is 8.24. The van der Waals surface area contributed by atoms with Crippen molar-refractivity contribution in [3.05, 3.63) is 0 Å². The maximum atomic E-state index is 11.3. The van der Waals surface area contributed by atoms with Crippen molar-refractivity contribution in [1.29, 1.82) is 0 Å². The van der Waals surface area contributed by atoms with Gasteiger partial charge in [0.1, 0.15) is 6.61 Å². The normalized spacial score (nSPS) is 47.7. The van der Waals surface area contributed by atoms with Crippen molar-refractivity contribution >= 4 is 5.78 Å². The number of hydrogen-bond acceptors (Lipinski definition) is 2. The number of ketones is 1. The van der Waals surface area contributed by atoms with Crippen molar-refractivity contribution in [1.82, 2.24) is 0 Å². The Balaban J connectivity index is 2.14. The van der Waals surface area contributed by atoms with Gasteiger partial charge in [-0.1, -0.05) is 13.8 Å². The van der Waals surface area contributed by atoms with Crippen molar-refractivity contribution in [2.24, 2.45) is 17.8 Å². The standard InChI is InChI=1S/C10H16O2/c1-6-3-4-8-7(2)9(11)5-12-10(6)8/h6-8,10H,3-5H2,1-2H3. The van der Waals surface area contributed by atoms with Gasteiger partial charge < -0.3 is 4.74 Å². The molecule has 0 aromatic carbocycles. The Morgan fingerprint density at radius 2 is 2.08 bits per heavy atom. The lowest BCUT2D eigenvalue weighted by Crippen LogP contribution is -2.40. The van der Waals surface area contributed by atoms with E-state index in [0.717, 1.165) is 0 Å². The Morgan fingerprint density at radius 3 is 2.83 bits per heavy atom. The molecule has 68 valence electrons. The molecule has 1 aliphatic heterocycles. The van der Waals surface area contributed by atoms with Crippen LogP contribution in [-0.4, -0.2) is 18.5 Å². The zero-order chi connectivity index (χ0) is 8.72. The second kappa shape index (κ2) is 2.84. The van der Waals surface area contributed by atoms with Crippen molar-refractivity contribution < 1.29 is 9.53 Å². The van der Waals surface area contributed by atoms with E-state index in [-0.39, 0.29) is 5.92 Å². The average Bonchev–Trinajstić information content (AvgIpc) is 2.41. The third kappa shape index (κ3) is 1.09. The number of rotatable bonds is 0. The molecule has 2 fully saturated rings. The molecule has 4 unspecified atom stereocenters. The SMILES string of the molecule is CC1CCC2C(C)C(=O)COC12. The summed E-state index contributed by atoms with van der Waals surface area (Å²) in [5.41, 5.74) is 0. The fourth-order valence-electron chi connectivity index (χ4n) is 2.58. The van der Waals surface area contributed by atoms with Gasteiger partial charge in [0.2, 0.25) is 0 Å². The lowest BCUT2D eigenvalue weighted by Gasteiger charge is -2.32. The molecule has 0 aromatic heterocycles. The molecular weight excluding hydrogens is 152 g/mol. The zero-order valence-corrected chi connectivity index (χ0v) is 7.75. The minimum Gasteiger partial charge on any atom is -0.370 e. The van der Waals surface area contributed by atoms with E-state index in [9.17, 15) is 4.79 Å². The van der Waals surface area contributed by atoms with Gasteiger partial charge in [-0.15, -0.1) is 0 Å². The van der Waals surface area contributed by atoms with Gasteiger partial charge in [0.05, 0.1) is 6.10 Å². The summed E-state index contributed by atoms with van der Waals surface area (Å²) in [6, 6.07) is 0. The van der Waals surface area contributed by atoms with Gasteiger partial charge in [-0.2, -0.15) is 0 Å². The largest absolute Gasteiger partial charge is 0.370 e. The summed E-state index contributed by atoms with van der Waals surface area (Å²) in [5.74, 6) is 1.71. The molecular formula is C10H16O2. The molecule has 1 heterocycles. The molecule has 2 heteroatoms. The molecule has 0 bridgehead atoms. The van der Waals surface area contributed by atoms with E-state index in [1.54, 1.807) is 0 Å². The second-order valence-corrected chi connectivity index (χ2v) is 4.25. The van der Waals surface area contributed by atoms with E-state index in [4.69, 9.17) is 4.74 Å². The van der Waals surface area contributed by atoms with E-state index in [0.29, 0.717) is 30.3 Å². The van der Waals surface area contributed by atoms with Crippen LogP contribution in [0, 0.1) is 17.8 Å². The van der Waals surface area contributed by atoms with Crippen LogP contribution >= 0.6 is 0 Å². The third-order valence-electron chi connectivity index (χ3n) is 3.51. The Morgan fingerprint density at radius 1 is 1.33 bits per heavy atom. The van der Waals surface area contributed by atoms with E-state index in [1.807, 2.05) is 0 Å². The van der Waals surface area contributed by atoms with Gasteiger partial charge in [0.25, 0.3) is 0 Å². The van der Waals surface area contributed by atoms with Gasteiger partial charge in [-0.3, -0.25) is 4.79 Å². The van der Waals surface area contributed by atoms with Gasteiger partial charge in [-0.05, 0) is 24.7 Å². The minimum atomic E-state index is 0.244. The Bertz CT molecular complexity index is 200. The number of Topliss-reactive ketones (excluding diaryl/α,β-unsaturated/α-hetero) is 1. The van der Waals surface area contributed by atoms with Crippen molar-refractivity contribution in [3.8, 4) is 0 Å². The lowest BCUT2D eigenvalue weighted by molar-refractivity contribution is -0.143. The molecule has 2 aliphatic rings. The molecule has 0 aromatic rings. The molecule has 0 N–H and O–H groups in total. The highest BCUT2D eigenvalue weighted by Crippen LogP contribution is 2.40. The minimum absolute atomic E-state index is 0.244. The van der Waals surface area contributed by atoms with Crippen LogP contribution < -0.4 is 0 Å². The molecule has 1 aliphatic carbocycles. The van der Waals surface area contributed by atoms with Gasteiger partial charge in [0, 0.05) is 5.92 Å². The highest BCUT2D eigenvalue weighted by Gasteiger charge is 2.43. The Hall–Kier alpha value is -0.370. The lowest BCUT2D eigenvalue weighted by atomic mass is 9.84. The maximum absolute atomic E-state index is 11.3. The summed E-state index contributed by atoms with van der Waals surface area (Å²) in [7, 11) is 0. The summed E-state index contributed by atoms with van der Waals surface area (Å²) in [6.07, 6.45) is 2.78. The first-order valence-electron chi connectivity index (χ1n) is 4.84. The fourth-order valence-corrected chi connectivity index (χ4v) is 2.58. The quantitative estimate of drug-likeness (QED) is 0.549. The highest BCUT2D eigenvalue weighted by atomic mass is 16.5. The number of fused-ring (bicyclic) bond motifs is 1. The Labute approximate surface area is 73.3 Å². The summed E-state index contributed by atoms with van der Waals surface area (Å²) >= 11 is 0. The number of carbonyl (C=O) groups is 1. The van der Waals surface area contributed by atoms with Gasteiger partial charge in [0.15, 0.2) is 5.78 Å². The molecule has 12 heavy (non-hydrogen) atoms. The molecule has 2 rings (SSSR count). The van der Waals surface area contributed by atoms with Crippen molar-refractivity contribution in [3.63, 3.8) is 0 Å². The maximum Gasteiger partial charge on any atom is 0.161 e. The summed E-state index contributed by atoms with van der Waals surface area (Å²) in [4.78, 5) is 11.3. The first-order valence-corrected chi connectivity index (χ1v) is 4.84. The van der Waals surface area contributed by atoms with Crippen LogP contribution in [0.25, 0.3) is 0 Å². The van der Waals surface area contributed by atoms with Crippen molar-refractivity contribution in [2.75, 3.05) is 6.61 Å². The monoisotopic (exact) mass is 168 g/mol. The predicted molar refractivity (Wildman–Crippen MR) is 45.8 cm³/mol. The fraction of sp³-hybridized carbons (Fsp3) is 0.900. The summed E-state index contributed by atoms with van der Waals surface area (Å²) in [6.45, 7) is 4.64. The van der Waals surface area contributed by atoms with Crippen LogP contribution in [0.3, 0.4) is 0 Å². The van der Waals surface area contributed by atoms with Crippen LogP contribution in [-0.2, 0) is 9.53 Å². The topological polar surface area (TPSA) is 26.3 Å². The van der Waals surface area contributed by atoms with E-state index in [2.05, 4.69) is 13.8 Å². The van der Waals surface area contributed by atoms with Crippen LogP contribution in [0.1, 0.15) is 26.7 Å². The zero-order valence-electron chi connectivity index (χ0n) is 7.75. The highest BCUT2D eigenvalue weighted by molar-refractivity contribution is 5.83. The second-order valence-electron chi connectivity index (χ2n) is 4.25. The van der Waals surface area contributed by atoms with Gasteiger partial charge in [-0.25, -0.2) is 0 Å². The first-order chi connectivity index (χ1) is 5.70. The number of hydrogen-bond donors (Lipinski definition) is 0. The number of carbonyl (C=O) groups excluding carboxylic acids is 1. The number of ether oxygens (including phenoxy) is 1. The molecule has 1 saturated heterocycles. The van der Waals surface area contributed by atoms with Crippen LogP contribution in [0.15, 0.2) is 0 Å². The molecule has 0 spiro atoms. The van der Waals surface area contributed by atoms with Gasteiger partial charge >= 0.3 is 0 Å². The summed E-state index contributed by atoms with van der Waals surface area (Å²) < 4.78 is 5.55. The van der Waals surface area contributed by atoms with Crippen molar-refractivity contribution in [2.45, 2.75) is 32.8 Å². The average molecular weight is 168 g/mol. The smallest absolute Gasteiger partial charge is 0.161 e. The van der Waals surface area contributed by atoms with Crippen LogP contribution in [0.5, 0.6) is 0 Å². The molecule has 2 nitrogen and oxygen atoms in total. The van der Waals surface area contributed by atoms with Crippen LogP contribution in [0.2, 0.25) is 0 Å². The van der Waals surface area contributed by atoms with E-state index >= 15 is 0 Å². The third-order valence-corrected chi connectivity index (χ3v) is 3.51.